The Morgan fingerprint density at radius 1 is 1.75 bits per heavy atom. The standard InChI is InChI=1S/C3H3N3S.Na.H/c7-3-5-1-4-2-6-3;;/h1-2H,(H,4,5,6,7);;/q;+1;-1. The first-order chi connectivity index (χ1) is 3.39. The number of aromatic nitrogens is 3. The van der Waals surface area contributed by atoms with Crippen molar-refractivity contribution in [3.8, 4) is 0 Å². The van der Waals surface area contributed by atoms with Gasteiger partial charge in [0.25, 0.3) is 0 Å². The number of H-pyrrole nitrogens is 1. The van der Waals surface area contributed by atoms with Crippen molar-refractivity contribution >= 4 is 12.2 Å². The molecule has 3 nitrogen and oxygen atoms in total. The molecule has 0 aliphatic rings. The molecule has 1 rings (SSSR count). The number of nitrogens with zero attached hydrogens (tertiary/aromatic N) is 2. The summed E-state index contributed by atoms with van der Waals surface area (Å²) in [6.45, 7) is 0. The maximum absolute atomic E-state index is 4.61. The summed E-state index contributed by atoms with van der Waals surface area (Å²) in [4.78, 5) is 9.86. The average Bonchev–Trinajstić information content (AvgIpc) is 1.69. The van der Waals surface area contributed by atoms with Gasteiger partial charge in [0.15, 0.2) is 4.77 Å². The van der Waals surface area contributed by atoms with Gasteiger partial charge in [0.05, 0.1) is 6.33 Å². The van der Waals surface area contributed by atoms with Crippen LogP contribution in [0.15, 0.2) is 12.7 Å². The first-order valence-electron chi connectivity index (χ1n) is 1.74. The van der Waals surface area contributed by atoms with Crippen LogP contribution in [-0.2, 0) is 0 Å². The fourth-order valence-corrected chi connectivity index (χ4v) is 0.349. The molecule has 0 aliphatic heterocycles. The van der Waals surface area contributed by atoms with Gasteiger partial charge in [0.1, 0.15) is 6.33 Å². The number of rotatable bonds is 0. The molecular formula is C3H4N3NaS. The zero-order valence-electron chi connectivity index (χ0n) is 5.46. The van der Waals surface area contributed by atoms with E-state index in [1.54, 1.807) is 0 Å². The molecule has 1 aromatic heterocycles. The van der Waals surface area contributed by atoms with Crippen LogP contribution in [0.25, 0.3) is 0 Å². The molecule has 0 saturated carbocycles. The van der Waals surface area contributed by atoms with Gasteiger partial charge in [-0.25, -0.2) is 9.97 Å². The van der Waals surface area contributed by atoms with Crippen molar-refractivity contribution in [2.24, 2.45) is 0 Å². The molecule has 0 atom stereocenters. The minimum absolute atomic E-state index is 0. The van der Waals surface area contributed by atoms with Crippen LogP contribution in [0.5, 0.6) is 0 Å². The van der Waals surface area contributed by atoms with Crippen LogP contribution < -0.4 is 29.6 Å². The Hall–Kier alpha value is 0.230. The van der Waals surface area contributed by atoms with Crippen LogP contribution in [0.3, 0.4) is 0 Å². The zero-order valence-corrected chi connectivity index (χ0v) is 7.27. The monoisotopic (exact) mass is 137 g/mol. The van der Waals surface area contributed by atoms with E-state index in [0.717, 1.165) is 0 Å². The summed E-state index contributed by atoms with van der Waals surface area (Å²) in [5, 5.41) is 0. The molecule has 1 aromatic rings. The fraction of sp³-hybridized carbons (Fsp3) is 0. The van der Waals surface area contributed by atoms with Crippen LogP contribution in [0, 0.1) is 4.77 Å². The topological polar surface area (TPSA) is 41.6 Å². The van der Waals surface area contributed by atoms with Gasteiger partial charge in [-0.15, -0.1) is 0 Å². The first kappa shape index (κ1) is 8.23. The Morgan fingerprint density at radius 3 is 2.75 bits per heavy atom. The van der Waals surface area contributed by atoms with Gasteiger partial charge < -0.3 is 6.41 Å². The molecule has 0 amide bonds. The number of aromatic amines is 1. The SMILES string of the molecule is S=c1ncnc[nH]1.[H-].[Na+]. The molecular weight excluding hydrogens is 133 g/mol. The third-order valence-electron chi connectivity index (χ3n) is 0.504. The summed E-state index contributed by atoms with van der Waals surface area (Å²) in [5.74, 6) is 0. The molecule has 0 aromatic carbocycles. The predicted octanol–water partition coefficient (Wildman–Crippen LogP) is -2.35. The smallest absolute Gasteiger partial charge is 1.00 e. The quantitative estimate of drug-likeness (QED) is 0.321. The van der Waals surface area contributed by atoms with Crippen LogP contribution in [0.1, 0.15) is 1.43 Å². The van der Waals surface area contributed by atoms with Gasteiger partial charge in [0, 0.05) is 0 Å². The molecule has 8 heavy (non-hydrogen) atoms. The second-order valence-electron chi connectivity index (χ2n) is 0.972. The summed E-state index contributed by atoms with van der Waals surface area (Å²) < 4.78 is 0.468. The number of nitrogens with one attached hydrogen (secondary N) is 1. The van der Waals surface area contributed by atoms with E-state index < -0.39 is 0 Å². The molecule has 0 saturated heterocycles. The minimum atomic E-state index is 0. The van der Waals surface area contributed by atoms with E-state index in [1.165, 1.54) is 12.7 Å². The number of hydrogen-bond donors (Lipinski definition) is 1. The van der Waals surface area contributed by atoms with Gasteiger partial charge in [-0.05, 0) is 12.2 Å². The predicted molar refractivity (Wildman–Crippen MR) is 28.3 cm³/mol. The molecule has 0 fully saturated rings. The van der Waals surface area contributed by atoms with Crippen LogP contribution in [0.4, 0.5) is 0 Å². The Kier molecular flexibility index (Phi) is 4.26. The first-order valence-corrected chi connectivity index (χ1v) is 2.15. The molecule has 1 N–H and O–H groups in total. The molecule has 5 heteroatoms. The Balaban J connectivity index is 0. The second-order valence-corrected chi connectivity index (χ2v) is 1.36. The minimum Gasteiger partial charge on any atom is -1.00 e. The van der Waals surface area contributed by atoms with Crippen molar-refractivity contribution in [2.45, 2.75) is 0 Å². The van der Waals surface area contributed by atoms with Crippen LogP contribution >= 0.6 is 12.2 Å². The average molecular weight is 137 g/mol. The van der Waals surface area contributed by atoms with Crippen molar-refractivity contribution in [3.63, 3.8) is 0 Å². The third kappa shape index (κ3) is 2.52. The molecule has 0 bridgehead atoms. The molecule has 1 heterocycles. The van der Waals surface area contributed by atoms with Gasteiger partial charge in [-0.3, -0.25) is 0 Å². The molecule has 0 aliphatic carbocycles. The fourth-order valence-electron chi connectivity index (χ4n) is 0.249. The third-order valence-corrected chi connectivity index (χ3v) is 0.727. The Labute approximate surface area is 75.3 Å². The molecule has 0 spiro atoms. The summed E-state index contributed by atoms with van der Waals surface area (Å²) in [6, 6.07) is 0. The summed E-state index contributed by atoms with van der Waals surface area (Å²) in [7, 11) is 0. The van der Waals surface area contributed by atoms with Gasteiger partial charge in [-0.1, -0.05) is 0 Å². The molecule has 0 radical (unpaired) electrons. The van der Waals surface area contributed by atoms with E-state index in [1.807, 2.05) is 0 Å². The van der Waals surface area contributed by atoms with Crippen LogP contribution in [-0.4, -0.2) is 15.0 Å². The normalized spacial score (nSPS) is 7.50. The van der Waals surface area contributed by atoms with E-state index in [0.29, 0.717) is 4.77 Å². The zero-order chi connectivity index (χ0) is 5.11. The number of hydrogen-bond acceptors (Lipinski definition) is 3. The summed E-state index contributed by atoms with van der Waals surface area (Å²) in [6.07, 6.45) is 2.90. The van der Waals surface area contributed by atoms with Gasteiger partial charge >= 0.3 is 29.6 Å². The van der Waals surface area contributed by atoms with Crippen molar-refractivity contribution in [1.82, 2.24) is 15.0 Å². The van der Waals surface area contributed by atoms with E-state index in [-0.39, 0.29) is 31.0 Å². The van der Waals surface area contributed by atoms with E-state index in [9.17, 15) is 0 Å². The molecule has 0 unspecified atom stereocenters. The largest absolute Gasteiger partial charge is 1.00 e. The Bertz CT molecular complexity index is 185. The van der Waals surface area contributed by atoms with Crippen molar-refractivity contribution in [2.75, 3.05) is 0 Å². The summed E-state index contributed by atoms with van der Waals surface area (Å²) in [5.41, 5.74) is 0. The maximum Gasteiger partial charge on any atom is 1.00 e. The second kappa shape index (κ2) is 4.14. The van der Waals surface area contributed by atoms with Crippen molar-refractivity contribution < 1.29 is 31.0 Å². The Morgan fingerprint density at radius 2 is 2.50 bits per heavy atom. The van der Waals surface area contributed by atoms with Gasteiger partial charge in [-0.2, -0.15) is 0 Å². The van der Waals surface area contributed by atoms with Gasteiger partial charge in [0.2, 0.25) is 0 Å². The summed E-state index contributed by atoms with van der Waals surface area (Å²) >= 11 is 4.61. The van der Waals surface area contributed by atoms with Crippen molar-refractivity contribution in [1.29, 1.82) is 0 Å². The van der Waals surface area contributed by atoms with E-state index >= 15 is 0 Å². The van der Waals surface area contributed by atoms with E-state index in [4.69, 9.17) is 0 Å². The van der Waals surface area contributed by atoms with Crippen molar-refractivity contribution in [3.05, 3.63) is 17.4 Å². The van der Waals surface area contributed by atoms with Crippen LogP contribution in [0.2, 0.25) is 0 Å². The maximum atomic E-state index is 4.61. The van der Waals surface area contributed by atoms with E-state index in [2.05, 4.69) is 27.2 Å². The molecule has 38 valence electrons.